The predicted molar refractivity (Wildman–Crippen MR) is 113 cm³/mol. The van der Waals surface area contributed by atoms with Gasteiger partial charge in [-0.3, -0.25) is 4.79 Å². The SMILES string of the molecule is [C-]#[N+]c1cc(C)nc(N2CC3CC2CN(C(=O)c2ccccc2CS(C)(=O)=O)C3)n1. The highest BCUT2D eigenvalue weighted by molar-refractivity contribution is 7.89. The zero-order valence-electron chi connectivity index (χ0n) is 16.9. The molecular weight excluding hydrogens is 402 g/mol. The molecule has 0 N–H and O–H groups in total. The molecule has 0 saturated carbocycles. The van der Waals surface area contributed by atoms with Gasteiger partial charge in [0.15, 0.2) is 9.84 Å². The van der Waals surface area contributed by atoms with E-state index in [9.17, 15) is 13.2 Å². The smallest absolute Gasteiger partial charge is 0.322 e. The highest BCUT2D eigenvalue weighted by Gasteiger charge is 2.42. The number of hydrogen-bond acceptors (Lipinski definition) is 6. The van der Waals surface area contributed by atoms with Crippen LogP contribution in [0.1, 0.15) is 28.0 Å². The van der Waals surface area contributed by atoms with E-state index in [2.05, 4.69) is 19.7 Å². The molecule has 2 atom stereocenters. The number of piperidine rings is 1. The van der Waals surface area contributed by atoms with Crippen LogP contribution in [0.15, 0.2) is 30.3 Å². The number of amides is 1. The Labute approximate surface area is 176 Å². The molecule has 2 aromatic rings. The van der Waals surface area contributed by atoms with Gasteiger partial charge < -0.3 is 14.6 Å². The molecule has 156 valence electrons. The fourth-order valence-corrected chi connectivity index (χ4v) is 5.22. The Morgan fingerprint density at radius 1 is 1.23 bits per heavy atom. The third-order valence-electron chi connectivity index (χ3n) is 5.56. The van der Waals surface area contributed by atoms with E-state index in [4.69, 9.17) is 6.57 Å². The molecule has 0 spiro atoms. The molecule has 2 unspecified atom stereocenters. The minimum Gasteiger partial charge on any atom is -0.360 e. The van der Waals surface area contributed by atoms with Gasteiger partial charge in [-0.1, -0.05) is 29.8 Å². The number of nitrogens with zero attached hydrogens (tertiary/aromatic N) is 5. The van der Waals surface area contributed by atoms with Crippen LogP contribution in [-0.4, -0.2) is 61.1 Å². The van der Waals surface area contributed by atoms with Gasteiger partial charge in [-0.2, -0.15) is 4.98 Å². The maximum Gasteiger partial charge on any atom is 0.322 e. The van der Waals surface area contributed by atoms with E-state index in [0.29, 0.717) is 36.0 Å². The van der Waals surface area contributed by atoms with Gasteiger partial charge in [-0.05, 0) is 37.0 Å². The van der Waals surface area contributed by atoms with Crippen molar-refractivity contribution in [3.05, 3.63) is 58.6 Å². The van der Waals surface area contributed by atoms with E-state index < -0.39 is 9.84 Å². The van der Waals surface area contributed by atoms with Crippen LogP contribution >= 0.6 is 0 Å². The Hall–Kier alpha value is -2.99. The second kappa shape index (κ2) is 7.69. The summed E-state index contributed by atoms with van der Waals surface area (Å²) in [5.74, 6) is 0.855. The van der Waals surface area contributed by atoms with Crippen LogP contribution in [0.5, 0.6) is 0 Å². The van der Waals surface area contributed by atoms with E-state index in [1.54, 1.807) is 30.3 Å². The number of anilines is 1. The summed E-state index contributed by atoms with van der Waals surface area (Å²) < 4.78 is 23.6. The van der Waals surface area contributed by atoms with Crippen LogP contribution in [0.2, 0.25) is 0 Å². The Morgan fingerprint density at radius 2 is 2.00 bits per heavy atom. The maximum absolute atomic E-state index is 13.3. The highest BCUT2D eigenvalue weighted by Crippen LogP contribution is 2.33. The number of sulfone groups is 1. The molecule has 8 nitrogen and oxygen atoms in total. The van der Waals surface area contributed by atoms with Crippen LogP contribution in [-0.2, 0) is 15.6 Å². The van der Waals surface area contributed by atoms with Gasteiger partial charge in [-0.25, -0.2) is 8.42 Å². The summed E-state index contributed by atoms with van der Waals surface area (Å²) in [6.45, 7) is 11.0. The van der Waals surface area contributed by atoms with Crippen LogP contribution in [0.3, 0.4) is 0 Å². The molecule has 1 aromatic carbocycles. The molecule has 4 rings (SSSR count). The molecule has 1 amide bonds. The van der Waals surface area contributed by atoms with Crippen LogP contribution in [0.25, 0.3) is 4.85 Å². The Morgan fingerprint density at radius 3 is 2.73 bits per heavy atom. The minimum absolute atomic E-state index is 0.0788. The molecule has 1 aromatic heterocycles. The number of aromatic nitrogens is 2. The van der Waals surface area contributed by atoms with Crippen molar-refractivity contribution in [1.82, 2.24) is 14.9 Å². The molecule has 0 aliphatic carbocycles. The summed E-state index contributed by atoms with van der Waals surface area (Å²) in [5.41, 5.74) is 1.72. The summed E-state index contributed by atoms with van der Waals surface area (Å²) >= 11 is 0. The van der Waals surface area contributed by atoms with Crippen LogP contribution in [0.4, 0.5) is 11.8 Å². The van der Waals surface area contributed by atoms with Crippen molar-refractivity contribution < 1.29 is 13.2 Å². The fraction of sp³-hybridized carbons (Fsp3) is 0.429. The van der Waals surface area contributed by atoms with Gasteiger partial charge in [0.25, 0.3) is 11.7 Å². The van der Waals surface area contributed by atoms with Crippen LogP contribution in [0, 0.1) is 19.4 Å². The highest BCUT2D eigenvalue weighted by atomic mass is 32.2. The van der Waals surface area contributed by atoms with Crippen molar-refractivity contribution in [2.75, 3.05) is 30.8 Å². The lowest BCUT2D eigenvalue weighted by Gasteiger charge is -2.32. The molecule has 2 fully saturated rings. The number of carbonyl (C=O) groups is 1. The molecule has 2 bridgehead atoms. The molecule has 30 heavy (non-hydrogen) atoms. The first-order valence-corrected chi connectivity index (χ1v) is 11.8. The number of aryl methyl sites for hydroxylation is 1. The standard InChI is InChI=1S/C21H23N5O3S/c1-14-8-19(22-2)24-21(23-14)26-11-15-9-17(26)12-25(10-15)20(27)18-7-5-4-6-16(18)13-30(3,28)29/h4-8,15,17H,9-13H2,1,3H3. The zero-order chi connectivity index (χ0) is 21.5. The molecule has 2 aliphatic heterocycles. The van der Waals surface area contributed by atoms with Crippen LogP contribution < -0.4 is 4.90 Å². The second-order valence-electron chi connectivity index (χ2n) is 8.12. The van der Waals surface area contributed by atoms with E-state index in [1.807, 2.05) is 11.8 Å². The topological polar surface area (TPSA) is 87.8 Å². The quantitative estimate of drug-likeness (QED) is 0.698. The Kier molecular flexibility index (Phi) is 5.20. The maximum atomic E-state index is 13.3. The number of fused-ring (bicyclic) bond motifs is 2. The third-order valence-corrected chi connectivity index (χ3v) is 6.40. The first-order chi connectivity index (χ1) is 14.2. The first kappa shape index (κ1) is 20.3. The first-order valence-electron chi connectivity index (χ1n) is 9.78. The number of hydrogen-bond donors (Lipinski definition) is 0. The van der Waals surface area contributed by atoms with Gasteiger partial charge >= 0.3 is 5.95 Å². The van der Waals surface area contributed by atoms with Crippen molar-refractivity contribution in [2.45, 2.75) is 25.1 Å². The number of likely N-dealkylation sites (tertiary alicyclic amines) is 1. The lowest BCUT2D eigenvalue weighted by molar-refractivity contribution is 0.0693. The minimum atomic E-state index is -3.25. The molecule has 0 radical (unpaired) electrons. The largest absolute Gasteiger partial charge is 0.360 e. The summed E-state index contributed by atoms with van der Waals surface area (Å²) in [7, 11) is -3.25. The second-order valence-corrected chi connectivity index (χ2v) is 10.3. The number of benzene rings is 1. The normalized spacial score (nSPS) is 20.8. The number of carbonyl (C=O) groups excluding carboxylic acids is 1. The average Bonchev–Trinajstić information content (AvgIpc) is 2.99. The molecule has 2 saturated heterocycles. The van der Waals surface area contributed by atoms with Crippen molar-refractivity contribution in [2.24, 2.45) is 5.92 Å². The monoisotopic (exact) mass is 425 g/mol. The Bertz CT molecular complexity index is 1140. The van der Waals surface area contributed by atoms with Crippen molar-refractivity contribution in [3.8, 4) is 0 Å². The lowest BCUT2D eigenvalue weighted by Crippen LogP contribution is -2.45. The van der Waals surface area contributed by atoms with Gasteiger partial charge in [0.2, 0.25) is 0 Å². The number of rotatable bonds is 4. The van der Waals surface area contributed by atoms with Gasteiger partial charge in [0, 0.05) is 37.1 Å². The van der Waals surface area contributed by atoms with E-state index in [1.165, 1.54) is 6.26 Å². The van der Waals surface area contributed by atoms with Crippen molar-refractivity contribution >= 4 is 27.5 Å². The molecule has 2 aliphatic rings. The summed E-state index contributed by atoms with van der Waals surface area (Å²) in [6, 6.07) is 8.65. The van der Waals surface area contributed by atoms with E-state index >= 15 is 0 Å². The summed E-state index contributed by atoms with van der Waals surface area (Å²) in [5, 5.41) is 0. The fourth-order valence-electron chi connectivity index (χ4n) is 4.40. The van der Waals surface area contributed by atoms with Gasteiger partial charge in [-0.15, -0.1) is 0 Å². The van der Waals surface area contributed by atoms with Gasteiger partial charge in [0.05, 0.1) is 11.8 Å². The lowest BCUT2D eigenvalue weighted by atomic mass is 9.98. The summed E-state index contributed by atoms with van der Waals surface area (Å²) in [4.78, 5) is 29.5. The predicted octanol–water partition coefficient (Wildman–Crippen LogP) is 2.23. The molecular formula is C21H23N5O3S. The van der Waals surface area contributed by atoms with E-state index in [-0.39, 0.29) is 23.6 Å². The van der Waals surface area contributed by atoms with Crippen molar-refractivity contribution in [3.63, 3.8) is 0 Å². The third kappa shape index (κ3) is 4.14. The van der Waals surface area contributed by atoms with Gasteiger partial charge in [0.1, 0.15) is 0 Å². The average molecular weight is 426 g/mol. The summed E-state index contributed by atoms with van der Waals surface area (Å²) in [6.07, 6.45) is 2.12. The van der Waals surface area contributed by atoms with Crippen molar-refractivity contribution in [1.29, 1.82) is 0 Å². The van der Waals surface area contributed by atoms with E-state index in [0.717, 1.165) is 18.7 Å². The Balaban J connectivity index is 1.57. The zero-order valence-corrected chi connectivity index (χ0v) is 17.8. The molecule has 3 heterocycles. The molecule has 9 heteroatoms.